The van der Waals surface area contributed by atoms with Crippen molar-refractivity contribution in [3.63, 3.8) is 0 Å². The topological polar surface area (TPSA) is 236 Å². The SMILES string of the molecule is COC(=O)[C@H](COCc1cccc(OCC(COS(=O)(=O)c2ccc(C)cc2)OC(C)=O)c1)NC(=O)Cn1cc(COc2ccc3nc(S(=O)[O-])sc3c2)nn1. The van der Waals surface area contributed by atoms with E-state index in [4.69, 9.17) is 27.9 Å². The van der Waals surface area contributed by atoms with Gasteiger partial charge in [-0.2, -0.15) is 8.42 Å². The smallest absolute Gasteiger partial charge is 0.330 e. The Morgan fingerprint density at radius 2 is 1.75 bits per heavy atom. The van der Waals surface area contributed by atoms with Gasteiger partial charge in [0.05, 0.1) is 41.6 Å². The number of esters is 2. The fourth-order valence-corrected chi connectivity index (χ4v) is 7.26. The van der Waals surface area contributed by atoms with Crippen LogP contribution in [-0.4, -0.2) is 94.1 Å². The fraction of sp³-hybridized carbons (Fsp3) is 0.314. The third-order valence-electron chi connectivity index (χ3n) is 7.52. The minimum Gasteiger partial charge on any atom is -0.767 e. The molecule has 5 aromatic rings. The lowest BCUT2D eigenvalue weighted by Crippen LogP contribution is -2.45. The minimum absolute atomic E-state index is 0.00746. The number of benzene rings is 3. The van der Waals surface area contributed by atoms with Crippen LogP contribution in [0.5, 0.6) is 11.5 Å². The lowest BCUT2D eigenvalue weighted by atomic mass is 10.2. The van der Waals surface area contributed by atoms with Crippen molar-refractivity contribution in [2.24, 2.45) is 0 Å². The standard InChI is InChI=1S/C35H37N5O13S3/c1-22-7-10-29(11-8-22)56(46,47)52-20-28(53-23(2)41)19-51-26-6-4-5-24(13-26)17-49-21-31(34(43)48-3)36-33(42)16-40-15-25(38-39-40)18-50-27-9-12-30-32(14-27)54-35(37-30)55(44)45/h4-15,28,31H,16-21H2,1-3H3,(H,36,42)(H,44,45)/p-1/t28?,31-/m0/s1. The molecular formula is C35H36N5O13S3-. The molecule has 5 rings (SSSR count). The number of fused-ring (bicyclic) bond motifs is 1. The lowest BCUT2D eigenvalue weighted by Gasteiger charge is -2.18. The van der Waals surface area contributed by atoms with Crippen LogP contribution in [-0.2, 0) is 73.7 Å². The van der Waals surface area contributed by atoms with E-state index in [0.29, 0.717) is 33.0 Å². The van der Waals surface area contributed by atoms with Gasteiger partial charge in [0.1, 0.15) is 43.6 Å². The van der Waals surface area contributed by atoms with Gasteiger partial charge in [-0.1, -0.05) is 35.0 Å². The zero-order chi connectivity index (χ0) is 40.2. The molecule has 298 valence electrons. The number of aromatic nitrogens is 4. The highest BCUT2D eigenvalue weighted by molar-refractivity contribution is 7.86. The molecule has 3 aromatic carbocycles. The number of nitrogens with one attached hydrogen (secondary N) is 1. The van der Waals surface area contributed by atoms with Crippen LogP contribution in [0.25, 0.3) is 10.2 Å². The molecule has 0 spiro atoms. The highest BCUT2D eigenvalue weighted by Crippen LogP contribution is 2.28. The van der Waals surface area contributed by atoms with Gasteiger partial charge < -0.3 is 33.6 Å². The van der Waals surface area contributed by atoms with Crippen LogP contribution in [0, 0.1) is 6.92 Å². The van der Waals surface area contributed by atoms with Crippen LogP contribution in [0.4, 0.5) is 0 Å². The molecule has 0 saturated heterocycles. The van der Waals surface area contributed by atoms with Crippen molar-refractivity contribution >= 4 is 60.6 Å². The fourth-order valence-electron chi connectivity index (χ4n) is 4.88. The number of nitrogens with zero attached hydrogens (tertiary/aromatic N) is 4. The van der Waals surface area contributed by atoms with Crippen molar-refractivity contribution in [3.8, 4) is 11.5 Å². The Labute approximate surface area is 327 Å². The van der Waals surface area contributed by atoms with Crippen molar-refractivity contribution in [1.29, 1.82) is 0 Å². The number of carbonyl (C=O) groups is 3. The summed E-state index contributed by atoms with van der Waals surface area (Å²) >= 11 is -1.42. The number of aryl methyl sites for hydroxylation is 1. The van der Waals surface area contributed by atoms with Gasteiger partial charge in [-0.15, -0.1) is 16.4 Å². The second-order valence-corrected chi connectivity index (χ2v) is 15.7. The molecule has 21 heteroatoms. The molecule has 0 aliphatic carbocycles. The van der Waals surface area contributed by atoms with Gasteiger partial charge in [0.25, 0.3) is 10.1 Å². The van der Waals surface area contributed by atoms with Gasteiger partial charge in [0, 0.05) is 18.0 Å². The summed E-state index contributed by atoms with van der Waals surface area (Å²) < 4.78 is 81.9. The molecule has 0 fully saturated rings. The first kappa shape index (κ1) is 41.8. The Bertz CT molecular complexity index is 2280. The predicted octanol–water partition coefficient (Wildman–Crippen LogP) is 2.60. The van der Waals surface area contributed by atoms with Gasteiger partial charge in [-0.05, 0) is 55.0 Å². The molecule has 3 atom stereocenters. The summed E-state index contributed by atoms with van der Waals surface area (Å²) in [4.78, 5) is 41.0. The second kappa shape index (κ2) is 19.5. The average Bonchev–Trinajstić information content (AvgIpc) is 3.81. The number of hydrogen-bond donors (Lipinski definition) is 1. The summed E-state index contributed by atoms with van der Waals surface area (Å²) in [5.41, 5.74) is 2.44. The van der Waals surface area contributed by atoms with Crippen molar-refractivity contribution in [2.75, 3.05) is 26.9 Å². The second-order valence-electron chi connectivity index (χ2n) is 11.9. The summed E-state index contributed by atoms with van der Waals surface area (Å²) in [6, 6.07) is 16.6. The predicted molar refractivity (Wildman–Crippen MR) is 197 cm³/mol. The highest BCUT2D eigenvalue weighted by Gasteiger charge is 2.23. The molecule has 0 bridgehead atoms. The van der Waals surface area contributed by atoms with Crippen LogP contribution < -0.4 is 14.8 Å². The molecule has 2 heterocycles. The van der Waals surface area contributed by atoms with E-state index in [1.807, 2.05) is 6.92 Å². The first-order valence-electron chi connectivity index (χ1n) is 16.6. The molecule has 0 aliphatic rings. The van der Waals surface area contributed by atoms with Gasteiger partial charge in [-0.25, -0.2) is 14.5 Å². The van der Waals surface area contributed by atoms with E-state index in [1.165, 1.54) is 37.0 Å². The van der Waals surface area contributed by atoms with Gasteiger partial charge in [-0.3, -0.25) is 18.0 Å². The minimum atomic E-state index is -4.11. The van der Waals surface area contributed by atoms with E-state index < -0.39 is 57.8 Å². The number of carbonyl (C=O) groups excluding carboxylic acids is 3. The highest BCUT2D eigenvalue weighted by atomic mass is 32.2. The van der Waals surface area contributed by atoms with Crippen molar-refractivity contribution < 1.29 is 59.4 Å². The Morgan fingerprint density at radius 3 is 2.48 bits per heavy atom. The lowest BCUT2D eigenvalue weighted by molar-refractivity contribution is -0.149. The summed E-state index contributed by atoms with van der Waals surface area (Å²) in [7, 11) is -2.94. The summed E-state index contributed by atoms with van der Waals surface area (Å²) in [6.45, 7) is 1.81. The van der Waals surface area contributed by atoms with Gasteiger partial charge in [0.2, 0.25) is 5.91 Å². The summed E-state index contributed by atoms with van der Waals surface area (Å²) in [5.74, 6) is -1.15. The largest absolute Gasteiger partial charge is 0.767 e. The van der Waals surface area contributed by atoms with E-state index in [9.17, 15) is 31.6 Å². The average molecular weight is 831 g/mol. The van der Waals surface area contributed by atoms with E-state index in [0.717, 1.165) is 16.9 Å². The Kier molecular flexibility index (Phi) is 14.6. The first-order valence-corrected chi connectivity index (χ1v) is 19.9. The molecule has 1 N–H and O–H groups in total. The third kappa shape index (κ3) is 12.3. The molecule has 2 unspecified atom stereocenters. The van der Waals surface area contributed by atoms with Crippen molar-refractivity contribution in [1.82, 2.24) is 25.3 Å². The van der Waals surface area contributed by atoms with Crippen LogP contribution in [0.2, 0.25) is 0 Å². The normalized spacial score (nSPS) is 13.1. The summed E-state index contributed by atoms with van der Waals surface area (Å²) in [6.07, 6.45) is 0.451. The molecule has 0 radical (unpaired) electrons. The Balaban J connectivity index is 1.08. The molecule has 0 saturated carbocycles. The molecule has 56 heavy (non-hydrogen) atoms. The van der Waals surface area contributed by atoms with E-state index in [1.54, 1.807) is 54.6 Å². The van der Waals surface area contributed by atoms with Gasteiger partial charge >= 0.3 is 11.9 Å². The maximum absolute atomic E-state index is 12.8. The van der Waals surface area contributed by atoms with E-state index in [2.05, 4.69) is 20.6 Å². The zero-order valence-electron chi connectivity index (χ0n) is 30.1. The van der Waals surface area contributed by atoms with Crippen LogP contribution in [0.1, 0.15) is 23.7 Å². The number of methoxy groups -OCH3 is 1. The number of amides is 1. The summed E-state index contributed by atoms with van der Waals surface area (Å²) in [5, 5.41) is 10.5. The van der Waals surface area contributed by atoms with E-state index in [-0.39, 0.29) is 42.2 Å². The number of hydrogen-bond acceptors (Lipinski definition) is 17. The van der Waals surface area contributed by atoms with Crippen LogP contribution in [0.15, 0.2) is 82.2 Å². The molecular weight excluding hydrogens is 795 g/mol. The molecule has 1 amide bonds. The maximum atomic E-state index is 12.8. The quantitative estimate of drug-likeness (QED) is 0.0674. The first-order chi connectivity index (χ1) is 26.8. The molecule has 2 aromatic heterocycles. The van der Waals surface area contributed by atoms with Crippen LogP contribution in [0.3, 0.4) is 0 Å². The van der Waals surface area contributed by atoms with Crippen LogP contribution >= 0.6 is 11.3 Å². The monoisotopic (exact) mass is 830 g/mol. The molecule has 0 aliphatic heterocycles. The zero-order valence-corrected chi connectivity index (χ0v) is 32.6. The van der Waals surface area contributed by atoms with E-state index >= 15 is 0 Å². The molecule has 18 nitrogen and oxygen atoms in total. The van der Waals surface area contributed by atoms with Crippen molar-refractivity contribution in [2.45, 2.75) is 55.0 Å². The van der Waals surface area contributed by atoms with Crippen molar-refractivity contribution in [3.05, 3.63) is 89.7 Å². The number of rotatable bonds is 20. The number of ether oxygens (including phenoxy) is 5. The van der Waals surface area contributed by atoms with Gasteiger partial charge in [0.15, 0.2) is 16.5 Å². The maximum Gasteiger partial charge on any atom is 0.330 e. The third-order valence-corrected chi connectivity index (χ3v) is 10.7. The Morgan fingerprint density at radius 1 is 0.982 bits per heavy atom. The Hall–Kier alpha value is -5.32. The number of thiazole rings is 1.